The molecule has 7 heteroatoms. The molecule has 0 aromatic heterocycles. The number of hydrogen-bond donors (Lipinski definition) is 2. The van der Waals surface area contributed by atoms with Gasteiger partial charge in [-0.1, -0.05) is 30.3 Å². The minimum atomic E-state index is -0.866. The van der Waals surface area contributed by atoms with Crippen molar-refractivity contribution >= 4 is 17.4 Å². The van der Waals surface area contributed by atoms with Gasteiger partial charge < -0.3 is 24.6 Å². The third-order valence-corrected chi connectivity index (χ3v) is 5.92. The average molecular weight is 502 g/mol. The van der Waals surface area contributed by atoms with E-state index in [1.165, 1.54) is 17.0 Å². The Balaban J connectivity index is 1.81. The van der Waals surface area contributed by atoms with Crippen LogP contribution in [0, 0.1) is 0 Å². The number of likely N-dealkylation sites (tertiary alicyclic amines) is 1. The van der Waals surface area contributed by atoms with Crippen LogP contribution in [0.1, 0.15) is 50.4 Å². The van der Waals surface area contributed by atoms with Crippen molar-refractivity contribution in [2.24, 2.45) is 0 Å². The van der Waals surface area contributed by atoms with E-state index in [2.05, 4.69) is 0 Å². The number of para-hydroxylation sites is 1. The largest absolute Gasteiger partial charge is 0.508 e. The fourth-order valence-electron chi connectivity index (χ4n) is 4.32. The fourth-order valence-corrected chi connectivity index (χ4v) is 4.32. The van der Waals surface area contributed by atoms with E-state index in [1.54, 1.807) is 36.4 Å². The van der Waals surface area contributed by atoms with Gasteiger partial charge in [0, 0.05) is 11.1 Å². The molecule has 0 aliphatic carbocycles. The topological polar surface area (TPSA) is 96.3 Å². The number of ketones is 1. The molecular weight excluding hydrogens is 470 g/mol. The molecule has 1 heterocycles. The zero-order valence-electron chi connectivity index (χ0n) is 21.4. The Labute approximate surface area is 216 Å². The molecule has 1 amide bonds. The monoisotopic (exact) mass is 501 g/mol. The molecule has 1 fully saturated rings. The van der Waals surface area contributed by atoms with E-state index in [-0.39, 0.29) is 23.6 Å². The van der Waals surface area contributed by atoms with Crippen LogP contribution in [-0.2, 0) is 16.1 Å². The summed E-state index contributed by atoms with van der Waals surface area (Å²) in [6.07, 6.45) is 0. The van der Waals surface area contributed by atoms with E-state index in [9.17, 15) is 19.8 Å². The fraction of sp³-hybridized carbons (Fsp3) is 0.267. The van der Waals surface area contributed by atoms with Crippen molar-refractivity contribution in [2.45, 2.75) is 45.9 Å². The SMILES string of the molecule is CCOc1ccc(/C(O)=C2\C(=O)C(=O)N(Cc3ccccc3OC(C)(C)C)C2c2ccc(O)cc2)cc1. The third kappa shape index (κ3) is 5.61. The number of nitrogens with zero attached hydrogens (tertiary/aromatic N) is 1. The highest BCUT2D eigenvalue weighted by Crippen LogP contribution is 2.41. The molecule has 0 saturated carbocycles. The van der Waals surface area contributed by atoms with Gasteiger partial charge >= 0.3 is 0 Å². The molecule has 1 saturated heterocycles. The lowest BCUT2D eigenvalue weighted by atomic mass is 9.95. The summed E-state index contributed by atoms with van der Waals surface area (Å²) in [6.45, 7) is 8.26. The van der Waals surface area contributed by atoms with Gasteiger partial charge in [-0.15, -0.1) is 0 Å². The van der Waals surface area contributed by atoms with Crippen molar-refractivity contribution in [3.63, 3.8) is 0 Å². The minimum Gasteiger partial charge on any atom is -0.508 e. The molecule has 2 N–H and O–H groups in total. The molecule has 3 aromatic rings. The summed E-state index contributed by atoms with van der Waals surface area (Å²) in [5, 5.41) is 21.1. The maximum absolute atomic E-state index is 13.4. The molecule has 7 nitrogen and oxygen atoms in total. The molecule has 0 radical (unpaired) electrons. The lowest BCUT2D eigenvalue weighted by Gasteiger charge is -2.28. The maximum Gasteiger partial charge on any atom is 0.295 e. The van der Waals surface area contributed by atoms with Crippen molar-refractivity contribution in [1.29, 1.82) is 0 Å². The second kappa shape index (κ2) is 10.4. The minimum absolute atomic E-state index is 0.0194. The van der Waals surface area contributed by atoms with E-state index < -0.39 is 23.3 Å². The van der Waals surface area contributed by atoms with Gasteiger partial charge in [0.15, 0.2) is 0 Å². The summed E-state index contributed by atoms with van der Waals surface area (Å²) in [5.74, 6) is -0.495. The second-order valence-corrected chi connectivity index (χ2v) is 9.80. The van der Waals surface area contributed by atoms with Crippen LogP contribution >= 0.6 is 0 Å². The Bertz CT molecular complexity index is 1320. The van der Waals surface area contributed by atoms with Crippen molar-refractivity contribution < 1.29 is 29.3 Å². The molecule has 1 aliphatic heterocycles. The Morgan fingerprint density at radius 1 is 0.946 bits per heavy atom. The van der Waals surface area contributed by atoms with Gasteiger partial charge in [-0.2, -0.15) is 0 Å². The lowest BCUT2D eigenvalue weighted by Crippen LogP contribution is -2.30. The molecule has 37 heavy (non-hydrogen) atoms. The van der Waals surface area contributed by atoms with Crippen LogP contribution < -0.4 is 9.47 Å². The highest BCUT2D eigenvalue weighted by atomic mass is 16.5. The van der Waals surface area contributed by atoms with Crippen LogP contribution in [0.5, 0.6) is 17.2 Å². The first-order valence-corrected chi connectivity index (χ1v) is 12.2. The van der Waals surface area contributed by atoms with Crippen molar-refractivity contribution in [2.75, 3.05) is 6.61 Å². The number of aromatic hydroxyl groups is 1. The number of benzene rings is 3. The standard InChI is InChI=1S/C30H31NO6/c1-5-36-23-16-12-20(13-17-23)27(33)25-26(19-10-14-22(32)15-11-19)31(29(35)28(25)34)18-21-8-6-7-9-24(21)37-30(2,3)4/h6-17,26,32-33H,5,18H2,1-4H3/b27-25+. The Hall–Kier alpha value is -4.26. The Morgan fingerprint density at radius 2 is 1.59 bits per heavy atom. The number of carbonyl (C=O) groups is 2. The lowest BCUT2D eigenvalue weighted by molar-refractivity contribution is -0.140. The first kappa shape index (κ1) is 25.8. The van der Waals surface area contributed by atoms with E-state index in [0.717, 1.165) is 5.56 Å². The van der Waals surface area contributed by atoms with Crippen LogP contribution in [0.4, 0.5) is 0 Å². The molecule has 1 aliphatic rings. The van der Waals surface area contributed by atoms with Crippen LogP contribution in [-0.4, -0.2) is 39.0 Å². The summed E-state index contributed by atoms with van der Waals surface area (Å²) in [5.41, 5.74) is 1.22. The van der Waals surface area contributed by atoms with E-state index in [1.807, 2.05) is 52.0 Å². The maximum atomic E-state index is 13.4. The number of ether oxygens (including phenoxy) is 2. The number of carbonyl (C=O) groups excluding carboxylic acids is 2. The summed E-state index contributed by atoms with van der Waals surface area (Å²) in [4.78, 5) is 28.1. The van der Waals surface area contributed by atoms with Crippen molar-refractivity contribution in [1.82, 2.24) is 4.90 Å². The van der Waals surface area contributed by atoms with Gasteiger partial charge in [0.1, 0.15) is 28.6 Å². The van der Waals surface area contributed by atoms with Gasteiger partial charge in [0.2, 0.25) is 0 Å². The predicted molar refractivity (Wildman–Crippen MR) is 140 cm³/mol. The number of amides is 1. The highest BCUT2D eigenvalue weighted by Gasteiger charge is 2.46. The molecule has 4 rings (SSSR count). The van der Waals surface area contributed by atoms with Gasteiger partial charge in [-0.05, 0) is 75.7 Å². The van der Waals surface area contributed by atoms with E-state index in [0.29, 0.717) is 29.2 Å². The van der Waals surface area contributed by atoms with Gasteiger partial charge in [-0.3, -0.25) is 9.59 Å². The number of phenolic OH excluding ortho intramolecular Hbond substituents is 1. The summed E-state index contributed by atoms with van der Waals surface area (Å²) < 4.78 is 11.6. The third-order valence-electron chi connectivity index (χ3n) is 5.92. The van der Waals surface area contributed by atoms with Gasteiger partial charge in [-0.25, -0.2) is 0 Å². The van der Waals surface area contributed by atoms with Crippen LogP contribution in [0.15, 0.2) is 78.4 Å². The molecule has 1 unspecified atom stereocenters. The number of aliphatic hydroxyl groups is 1. The smallest absolute Gasteiger partial charge is 0.295 e. The summed E-state index contributed by atoms with van der Waals surface area (Å²) >= 11 is 0. The Morgan fingerprint density at radius 3 is 2.22 bits per heavy atom. The zero-order valence-corrected chi connectivity index (χ0v) is 21.4. The number of phenols is 1. The zero-order chi connectivity index (χ0) is 26.7. The first-order chi connectivity index (χ1) is 17.6. The average Bonchev–Trinajstić information content (AvgIpc) is 3.10. The van der Waals surface area contributed by atoms with E-state index in [4.69, 9.17) is 9.47 Å². The van der Waals surface area contributed by atoms with Gasteiger partial charge in [0.05, 0.1) is 24.8 Å². The highest BCUT2D eigenvalue weighted by molar-refractivity contribution is 6.46. The Kier molecular flexibility index (Phi) is 7.25. The number of rotatable bonds is 7. The normalized spacial score (nSPS) is 17.2. The van der Waals surface area contributed by atoms with Crippen LogP contribution in [0.3, 0.4) is 0 Å². The second-order valence-electron chi connectivity index (χ2n) is 9.80. The first-order valence-electron chi connectivity index (χ1n) is 12.2. The molecule has 0 bridgehead atoms. The summed E-state index contributed by atoms with van der Waals surface area (Å²) in [6, 6.07) is 19.5. The van der Waals surface area contributed by atoms with Crippen LogP contribution in [0.2, 0.25) is 0 Å². The molecule has 3 aromatic carbocycles. The van der Waals surface area contributed by atoms with E-state index >= 15 is 0 Å². The van der Waals surface area contributed by atoms with Gasteiger partial charge in [0.25, 0.3) is 11.7 Å². The number of hydrogen-bond acceptors (Lipinski definition) is 6. The number of aliphatic hydroxyl groups excluding tert-OH is 1. The number of Topliss-reactive ketones (excluding diaryl/α,β-unsaturated/α-hetero) is 1. The molecule has 192 valence electrons. The quantitative estimate of drug-likeness (QED) is 0.249. The molecule has 1 atom stereocenters. The van der Waals surface area contributed by atoms with Crippen LogP contribution in [0.25, 0.3) is 5.76 Å². The summed E-state index contributed by atoms with van der Waals surface area (Å²) in [7, 11) is 0. The molecular formula is C30H31NO6. The van der Waals surface area contributed by atoms with Crippen molar-refractivity contribution in [3.05, 3.63) is 95.1 Å². The predicted octanol–water partition coefficient (Wildman–Crippen LogP) is 5.59. The van der Waals surface area contributed by atoms with Crippen molar-refractivity contribution in [3.8, 4) is 17.2 Å². The molecule has 0 spiro atoms.